The van der Waals surface area contributed by atoms with E-state index in [0.29, 0.717) is 0 Å². The van der Waals surface area contributed by atoms with Crippen LogP contribution in [0.15, 0.2) is 0 Å². The molecule has 0 bridgehead atoms. The first-order chi connectivity index (χ1) is 4.33. The van der Waals surface area contributed by atoms with Crippen LogP contribution in [0.25, 0.3) is 0 Å². The monoisotopic (exact) mass is 146 g/mol. The van der Waals surface area contributed by atoms with Gasteiger partial charge in [0, 0.05) is 20.0 Å². The van der Waals surface area contributed by atoms with E-state index < -0.39 is 11.2 Å². The maximum atomic E-state index is 10.7. The quantitative estimate of drug-likeness (QED) is 0.507. The van der Waals surface area contributed by atoms with Gasteiger partial charge in [0.2, 0.25) is 5.75 Å². The van der Waals surface area contributed by atoms with Gasteiger partial charge in [-0.25, -0.2) is 0 Å². The fourth-order valence-electron chi connectivity index (χ4n) is 0.800. The van der Waals surface area contributed by atoms with Crippen molar-refractivity contribution in [1.29, 1.82) is 0 Å². The molecule has 1 heterocycles. The van der Waals surface area contributed by atoms with Gasteiger partial charge >= 0.3 is 0 Å². The Morgan fingerprint density at radius 1 is 1.78 bits per heavy atom. The molecule has 0 spiro atoms. The third-order valence-corrected chi connectivity index (χ3v) is 2.53. The van der Waals surface area contributed by atoms with Gasteiger partial charge in [0.05, 0.1) is 6.10 Å². The van der Waals surface area contributed by atoms with Crippen molar-refractivity contribution >= 4 is 11.2 Å². The van der Waals surface area contributed by atoms with Gasteiger partial charge in [0.25, 0.3) is 0 Å². The van der Waals surface area contributed by atoms with E-state index in [9.17, 15) is 4.55 Å². The third kappa shape index (κ3) is 2.16. The van der Waals surface area contributed by atoms with Gasteiger partial charge in [-0.3, -0.25) is 0 Å². The van der Waals surface area contributed by atoms with Crippen LogP contribution in [0.4, 0.5) is 0 Å². The molecule has 0 amide bonds. The van der Waals surface area contributed by atoms with Crippen LogP contribution in [-0.2, 0) is 15.9 Å². The van der Waals surface area contributed by atoms with Crippen molar-refractivity contribution in [3.63, 3.8) is 0 Å². The Morgan fingerprint density at radius 2 is 2.56 bits per heavy atom. The van der Waals surface area contributed by atoms with Crippen LogP contribution in [0, 0.1) is 5.75 Å². The Morgan fingerprint density at radius 3 is 3.00 bits per heavy atom. The molecule has 52 valence electrons. The maximum Gasteiger partial charge on any atom is 0.238 e. The predicted octanol–water partition coefficient (Wildman–Crippen LogP) is 0.583. The molecule has 1 unspecified atom stereocenters. The van der Waals surface area contributed by atoms with E-state index in [0.717, 1.165) is 18.6 Å². The van der Waals surface area contributed by atoms with Crippen LogP contribution in [-0.4, -0.2) is 23.5 Å². The first-order valence-corrected chi connectivity index (χ1v) is 4.29. The molecule has 0 saturated carbocycles. The summed E-state index contributed by atoms with van der Waals surface area (Å²) in [5.74, 6) is 3.55. The minimum atomic E-state index is -0.793. The van der Waals surface area contributed by atoms with Crippen molar-refractivity contribution in [1.82, 2.24) is 0 Å². The molecule has 0 aromatic carbocycles. The lowest BCUT2D eigenvalue weighted by atomic mass is 10.2. The number of methoxy groups -OCH3 is 1. The molecule has 1 aliphatic heterocycles. The fraction of sp³-hybridized carbons (Fsp3) is 0.833. The molecule has 0 N–H and O–H groups in total. The van der Waals surface area contributed by atoms with Crippen molar-refractivity contribution in [3.8, 4) is 0 Å². The summed E-state index contributed by atoms with van der Waals surface area (Å²) in [6, 6.07) is 0. The maximum absolute atomic E-state index is 10.7. The Kier molecular flexibility index (Phi) is 2.82. The second-order valence-electron chi connectivity index (χ2n) is 2.04. The van der Waals surface area contributed by atoms with Crippen molar-refractivity contribution in [2.75, 3.05) is 12.9 Å². The zero-order valence-electron chi connectivity index (χ0n) is 5.42. The number of ether oxygens (including phenoxy) is 1. The molecule has 1 saturated heterocycles. The Bertz CT molecular complexity index is 79.1. The Hall–Kier alpha value is 0.270. The Balaban J connectivity index is 2.18. The lowest BCUT2D eigenvalue weighted by Crippen LogP contribution is -2.24. The van der Waals surface area contributed by atoms with Gasteiger partial charge in [-0.15, -0.1) is 0 Å². The summed E-state index contributed by atoms with van der Waals surface area (Å²) >= 11 is -0.793. The van der Waals surface area contributed by atoms with Gasteiger partial charge in [-0.2, -0.15) is 0 Å². The van der Waals surface area contributed by atoms with Gasteiger partial charge < -0.3 is 9.29 Å². The summed E-state index contributed by atoms with van der Waals surface area (Å²) in [4.78, 5) is 0. The van der Waals surface area contributed by atoms with E-state index >= 15 is 0 Å². The lowest BCUT2D eigenvalue weighted by molar-refractivity contribution is 0.0986. The highest BCUT2D eigenvalue weighted by Gasteiger charge is 2.22. The number of rotatable bonds is 1. The van der Waals surface area contributed by atoms with E-state index in [-0.39, 0.29) is 6.10 Å². The predicted molar refractivity (Wildman–Crippen MR) is 36.3 cm³/mol. The minimum Gasteiger partial charge on any atom is -0.616 e. The topological polar surface area (TPSA) is 32.3 Å². The fourth-order valence-corrected chi connectivity index (χ4v) is 1.79. The van der Waals surface area contributed by atoms with E-state index in [1.807, 2.05) is 0 Å². The smallest absolute Gasteiger partial charge is 0.238 e. The first-order valence-electron chi connectivity index (χ1n) is 2.97. The zero-order chi connectivity index (χ0) is 6.69. The third-order valence-electron chi connectivity index (χ3n) is 1.43. The number of hydrogen-bond donors (Lipinski definition) is 0. The average Bonchev–Trinajstić information content (AvgIpc) is 1.90. The molecular formula is C6H10O2S. The molecule has 1 rings (SSSR count). The summed E-state index contributed by atoms with van der Waals surface area (Å²) < 4.78 is 15.7. The molecule has 2 atom stereocenters. The summed E-state index contributed by atoms with van der Waals surface area (Å²) in [5.41, 5.74) is 0. The van der Waals surface area contributed by atoms with Crippen LogP contribution in [0.1, 0.15) is 12.8 Å². The summed E-state index contributed by atoms with van der Waals surface area (Å²) in [6.07, 6.45) is 1.90. The van der Waals surface area contributed by atoms with Crippen LogP contribution in [0.2, 0.25) is 0 Å². The average molecular weight is 146 g/mol. The van der Waals surface area contributed by atoms with Crippen molar-refractivity contribution in [2.45, 2.75) is 18.9 Å². The van der Waals surface area contributed by atoms with Gasteiger partial charge in [0.1, 0.15) is 5.75 Å². The summed E-state index contributed by atoms with van der Waals surface area (Å²) in [7, 11) is 1.68. The van der Waals surface area contributed by atoms with Gasteiger partial charge in [-0.05, 0) is 11.2 Å². The minimum absolute atomic E-state index is 0.266. The largest absolute Gasteiger partial charge is 0.616 e. The summed E-state index contributed by atoms with van der Waals surface area (Å²) in [6.45, 7) is 0. The second kappa shape index (κ2) is 3.44. The molecule has 2 radical (unpaired) electrons. The van der Waals surface area contributed by atoms with Crippen molar-refractivity contribution in [2.24, 2.45) is 0 Å². The first kappa shape index (κ1) is 7.38. The van der Waals surface area contributed by atoms with E-state index in [2.05, 4.69) is 5.75 Å². The van der Waals surface area contributed by atoms with Crippen LogP contribution in [0.5, 0.6) is 0 Å². The SMILES string of the molecule is CO[C@H]1C[C][S+]([O-])CC1. The zero-order valence-corrected chi connectivity index (χ0v) is 6.24. The standard InChI is InChI=1S/C6H10O2S/c1-8-6-2-4-9(7)5-3-6/h6H,2-4H2,1H3/t6-,9?/m1/s1. The summed E-state index contributed by atoms with van der Waals surface area (Å²) in [5, 5.41) is 0. The highest BCUT2D eigenvalue weighted by Crippen LogP contribution is 2.17. The second-order valence-corrected chi connectivity index (χ2v) is 3.43. The molecule has 1 fully saturated rings. The highest BCUT2D eigenvalue weighted by atomic mass is 32.2. The molecule has 0 aromatic heterocycles. The highest BCUT2D eigenvalue weighted by molar-refractivity contribution is 7.93. The molecule has 1 aliphatic rings. The molecule has 0 aromatic rings. The normalized spacial score (nSPS) is 36.7. The van der Waals surface area contributed by atoms with E-state index in [1.54, 1.807) is 7.11 Å². The molecule has 3 heteroatoms. The molecule has 2 nitrogen and oxygen atoms in total. The van der Waals surface area contributed by atoms with Crippen molar-refractivity contribution in [3.05, 3.63) is 5.75 Å². The lowest BCUT2D eigenvalue weighted by Gasteiger charge is -2.20. The number of hydrogen-bond acceptors (Lipinski definition) is 2. The van der Waals surface area contributed by atoms with E-state index in [4.69, 9.17) is 4.74 Å². The molecule has 0 aliphatic carbocycles. The molecular weight excluding hydrogens is 136 g/mol. The van der Waals surface area contributed by atoms with Crippen LogP contribution >= 0.6 is 0 Å². The van der Waals surface area contributed by atoms with E-state index in [1.165, 1.54) is 0 Å². The van der Waals surface area contributed by atoms with Gasteiger partial charge in [0.15, 0.2) is 0 Å². The van der Waals surface area contributed by atoms with Crippen molar-refractivity contribution < 1.29 is 9.29 Å². The van der Waals surface area contributed by atoms with Crippen LogP contribution in [0.3, 0.4) is 0 Å². The van der Waals surface area contributed by atoms with Gasteiger partial charge in [-0.1, -0.05) is 0 Å². The Labute approximate surface area is 58.8 Å². The molecule has 9 heavy (non-hydrogen) atoms. The van der Waals surface area contributed by atoms with Crippen LogP contribution < -0.4 is 0 Å².